The van der Waals surface area contributed by atoms with Crippen LogP contribution in [0.4, 0.5) is 5.69 Å². The fourth-order valence-electron chi connectivity index (χ4n) is 3.14. The van der Waals surface area contributed by atoms with Crippen LogP contribution in [0.1, 0.15) is 44.3 Å². The number of benzene rings is 2. The lowest BCUT2D eigenvalue weighted by atomic mass is 10.2. The number of halogens is 1. The maximum atomic E-state index is 12.5. The fourth-order valence-corrected chi connectivity index (χ4v) is 4.19. The van der Waals surface area contributed by atoms with Crippen molar-refractivity contribution in [3.8, 4) is 11.5 Å². The topological polar surface area (TPSA) is 78.3 Å². The Morgan fingerprint density at radius 1 is 1.16 bits per heavy atom. The predicted octanol–water partition coefficient (Wildman–Crippen LogP) is 5.70. The molecule has 3 aromatic rings. The van der Waals surface area contributed by atoms with Crippen molar-refractivity contribution in [3.63, 3.8) is 0 Å². The molecule has 2 aromatic carbocycles. The molecule has 0 radical (unpaired) electrons. The van der Waals surface area contributed by atoms with E-state index >= 15 is 0 Å². The SMILES string of the molecule is COc1cccc(OC(C)c2nnc(SCC(=O)Nc3cccc(Cl)c3C)n2C(C)C)c1. The lowest BCUT2D eigenvalue weighted by molar-refractivity contribution is -0.113. The Morgan fingerprint density at radius 3 is 2.59 bits per heavy atom. The van der Waals surface area contributed by atoms with Crippen molar-refractivity contribution in [1.29, 1.82) is 0 Å². The summed E-state index contributed by atoms with van der Waals surface area (Å²) < 4.78 is 13.3. The average Bonchev–Trinajstić information content (AvgIpc) is 3.20. The highest BCUT2D eigenvalue weighted by atomic mass is 35.5. The van der Waals surface area contributed by atoms with E-state index in [2.05, 4.69) is 15.5 Å². The molecule has 1 aromatic heterocycles. The minimum atomic E-state index is -0.339. The highest BCUT2D eigenvalue weighted by molar-refractivity contribution is 7.99. The van der Waals surface area contributed by atoms with Crippen LogP contribution >= 0.6 is 23.4 Å². The van der Waals surface area contributed by atoms with Gasteiger partial charge in [0, 0.05) is 22.8 Å². The molecule has 0 saturated carbocycles. The van der Waals surface area contributed by atoms with E-state index in [4.69, 9.17) is 21.1 Å². The Labute approximate surface area is 197 Å². The van der Waals surface area contributed by atoms with E-state index in [9.17, 15) is 4.79 Å². The average molecular weight is 475 g/mol. The number of amides is 1. The third-order valence-electron chi connectivity index (χ3n) is 4.80. The lowest BCUT2D eigenvalue weighted by Gasteiger charge is -2.19. The van der Waals surface area contributed by atoms with Gasteiger partial charge < -0.3 is 19.4 Å². The molecule has 0 aliphatic heterocycles. The summed E-state index contributed by atoms with van der Waals surface area (Å²) in [6, 6.07) is 12.9. The fraction of sp³-hybridized carbons (Fsp3) is 0.348. The number of rotatable bonds is 9. The standard InChI is InChI=1S/C23H27ClN4O3S/c1-14(2)28-22(16(4)31-18-9-6-8-17(12-18)30-5)26-27-23(28)32-13-21(29)25-20-11-7-10-19(24)15(20)3/h6-12,14,16H,13H2,1-5H3,(H,25,29). The summed E-state index contributed by atoms with van der Waals surface area (Å²) in [5.74, 6) is 2.15. The van der Waals surface area contributed by atoms with Crippen LogP contribution in [0.5, 0.6) is 11.5 Å². The molecule has 1 atom stereocenters. The van der Waals surface area contributed by atoms with Crippen molar-refractivity contribution >= 4 is 35.0 Å². The number of anilines is 1. The van der Waals surface area contributed by atoms with Crippen LogP contribution in [-0.2, 0) is 4.79 Å². The van der Waals surface area contributed by atoms with Crippen LogP contribution in [0.15, 0.2) is 47.6 Å². The van der Waals surface area contributed by atoms with Crippen LogP contribution in [-0.4, -0.2) is 33.5 Å². The van der Waals surface area contributed by atoms with Gasteiger partial charge in [-0.05, 0) is 57.5 Å². The third-order valence-corrected chi connectivity index (χ3v) is 6.15. The first-order valence-electron chi connectivity index (χ1n) is 10.2. The monoisotopic (exact) mass is 474 g/mol. The summed E-state index contributed by atoms with van der Waals surface area (Å²) in [6.07, 6.45) is -0.339. The molecule has 0 aliphatic rings. The minimum Gasteiger partial charge on any atom is -0.497 e. The number of carbonyl (C=O) groups is 1. The van der Waals surface area contributed by atoms with Crippen molar-refractivity contribution in [2.75, 3.05) is 18.2 Å². The Hall–Kier alpha value is -2.71. The van der Waals surface area contributed by atoms with Gasteiger partial charge in [0.2, 0.25) is 5.91 Å². The van der Waals surface area contributed by atoms with Crippen molar-refractivity contribution in [1.82, 2.24) is 14.8 Å². The first-order valence-corrected chi connectivity index (χ1v) is 11.6. The normalized spacial score (nSPS) is 12.0. The molecular weight excluding hydrogens is 448 g/mol. The summed E-state index contributed by atoms with van der Waals surface area (Å²) >= 11 is 7.47. The Kier molecular flexibility index (Phi) is 8.04. The van der Waals surface area contributed by atoms with Gasteiger partial charge in [0.15, 0.2) is 17.1 Å². The molecule has 0 spiro atoms. The second kappa shape index (κ2) is 10.7. The second-order valence-electron chi connectivity index (χ2n) is 7.49. The van der Waals surface area contributed by atoms with Crippen LogP contribution in [0.2, 0.25) is 5.02 Å². The number of nitrogens with zero attached hydrogens (tertiary/aromatic N) is 3. The van der Waals surface area contributed by atoms with Gasteiger partial charge in [0.25, 0.3) is 0 Å². The molecule has 1 unspecified atom stereocenters. The van der Waals surface area contributed by atoms with Gasteiger partial charge in [-0.3, -0.25) is 4.79 Å². The Bertz CT molecular complexity index is 1090. The number of thioether (sulfide) groups is 1. The van der Waals surface area contributed by atoms with Gasteiger partial charge in [-0.25, -0.2) is 0 Å². The van der Waals surface area contributed by atoms with Crippen molar-refractivity contribution in [2.45, 2.75) is 45.0 Å². The van der Waals surface area contributed by atoms with Crippen LogP contribution in [0.25, 0.3) is 0 Å². The van der Waals surface area contributed by atoms with E-state index in [0.29, 0.717) is 27.4 Å². The van der Waals surface area contributed by atoms with Crippen molar-refractivity contribution < 1.29 is 14.3 Å². The van der Waals surface area contributed by atoms with Gasteiger partial charge in [-0.2, -0.15) is 0 Å². The summed E-state index contributed by atoms with van der Waals surface area (Å²) in [6.45, 7) is 7.89. The molecule has 9 heteroatoms. The highest BCUT2D eigenvalue weighted by Crippen LogP contribution is 2.29. The zero-order valence-corrected chi connectivity index (χ0v) is 20.3. The van der Waals surface area contributed by atoms with E-state index in [1.807, 2.05) is 68.7 Å². The molecule has 1 N–H and O–H groups in total. The number of nitrogens with one attached hydrogen (secondary N) is 1. The zero-order chi connectivity index (χ0) is 23.3. The molecule has 170 valence electrons. The second-order valence-corrected chi connectivity index (χ2v) is 8.84. The maximum absolute atomic E-state index is 12.5. The van der Waals surface area contributed by atoms with E-state index in [0.717, 1.165) is 11.3 Å². The largest absolute Gasteiger partial charge is 0.497 e. The molecule has 0 saturated heterocycles. The number of aromatic nitrogens is 3. The summed E-state index contributed by atoms with van der Waals surface area (Å²) in [4.78, 5) is 12.5. The summed E-state index contributed by atoms with van der Waals surface area (Å²) in [5, 5.41) is 12.8. The van der Waals surface area contributed by atoms with Gasteiger partial charge in [0.05, 0.1) is 12.9 Å². The molecule has 0 aliphatic carbocycles. The number of ether oxygens (including phenoxy) is 2. The quantitative estimate of drug-likeness (QED) is 0.401. The highest BCUT2D eigenvalue weighted by Gasteiger charge is 2.22. The van der Waals surface area contributed by atoms with Crippen molar-refractivity contribution in [2.24, 2.45) is 0 Å². The Balaban J connectivity index is 1.70. The smallest absolute Gasteiger partial charge is 0.234 e. The lowest BCUT2D eigenvalue weighted by Crippen LogP contribution is -2.17. The van der Waals surface area contributed by atoms with Crippen LogP contribution in [0.3, 0.4) is 0 Å². The number of carbonyl (C=O) groups excluding carboxylic acids is 1. The van der Waals surface area contributed by atoms with E-state index < -0.39 is 0 Å². The van der Waals surface area contributed by atoms with Gasteiger partial charge in [0.1, 0.15) is 11.5 Å². The summed E-state index contributed by atoms with van der Waals surface area (Å²) in [7, 11) is 1.62. The molecule has 7 nitrogen and oxygen atoms in total. The van der Waals surface area contributed by atoms with Crippen LogP contribution in [0, 0.1) is 6.92 Å². The molecule has 0 fully saturated rings. The molecular formula is C23H27ClN4O3S. The van der Waals surface area contributed by atoms with Crippen LogP contribution < -0.4 is 14.8 Å². The van der Waals surface area contributed by atoms with Gasteiger partial charge in [-0.15, -0.1) is 10.2 Å². The molecule has 3 rings (SSSR count). The first-order chi connectivity index (χ1) is 15.3. The Morgan fingerprint density at radius 2 is 1.88 bits per heavy atom. The van der Waals surface area contributed by atoms with E-state index in [1.165, 1.54) is 11.8 Å². The maximum Gasteiger partial charge on any atom is 0.234 e. The summed E-state index contributed by atoms with van der Waals surface area (Å²) in [5.41, 5.74) is 1.54. The predicted molar refractivity (Wildman–Crippen MR) is 128 cm³/mol. The third kappa shape index (κ3) is 5.75. The molecule has 32 heavy (non-hydrogen) atoms. The van der Waals surface area contributed by atoms with Gasteiger partial charge >= 0.3 is 0 Å². The van der Waals surface area contributed by atoms with Crippen molar-refractivity contribution in [3.05, 3.63) is 58.9 Å². The molecule has 1 amide bonds. The van der Waals surface area contributed by atoms with Gasteiger partial charge in [-0.1, -0.05) is 35.5 Å². The number of methoxy groups -OCH3 is 1. The molecule has 0 bridgehead atoms. The zero-order valence-electron chi connectivity index (χ0n) is 18.8. The molecule has 1 heterocycles. The first kappa shape index (κ1) is 23.9. The number of hydrogen-bond donors (Lipinski definition) is 1. The number of hydrogen-bond acceptors (Lipinski definition) is 6. The van der Waals surface area contributed by atoms with E-state index in [1.54, 1.807) is 13.2 Å². The van der Waals surface area contributed by atoms with E-state index in [-0.39, 0.29) is 23.8 Å². The minimum absolute atomic E-state index is 0.0945.